The molecule has 0 spiro atoms. The van der Waals surface area contributed by atoms with Crippen LogP contribution in [0.15, 0.2) is 24.4 Å². The highest BCUT2D eigenvalue weighted by Gasteiger charge is 2.17. The Morgan fingerprint density at radius 2 is 2.08 bits per heavy atom. The van der Waals surface area contributed by atoms with Crippen molar-refractivity contribution < 1.29 is 8.42 Å². The van der Waals surface area contributed by atoms with Gasteiger partial charge in [-0.05, 0) is 32.9 Å². The number of rotatable bonds is 4. The molecule has 3 rings (SSSR count). The monoisotopic (exact) mass is 374 g/mol. The van der Waals surface area contributed by atoms with Crippen molar-refractivity contribution in [3.63, 3.8) is 0 Å². The Labute approximate surface area is 150 Å². The zero-order chi connectivity index (χ0) is 18.4. The van der Waals surface area contributed by atoms with Gasteiger partial charge >= 0.3 is 0 Å². The molecule has 6 nitrogen and oxygen atoms in total. The van der Waals surface area contributed by atoms with E-state index in [9.17, 15) is 13.7 Å². The van der Waals surface area contributed by atoms with E-state index >= 15 is 0 Å². The van der Waals surface area contributed by atoms with Crippen molar-refractivity contribution in [2.24, 2.45) is 0 Å². The second kappa shape index (κ2) is 6.17. The van der Waals surface area contributed by atoms with Crippen molar-refractivity contribution in [3.8, 4) is 16.6 Å². The third-order valence-electron chi connectivity index (χ3n) is 3.82. The number of benzene rings is 1. The van der Waals surface area contributed by atoms with Gasteiger partial charge in [-0.15, -0.1) is 11.3 Å². The Morgan fingerprint density at radius 1 is 1.36 bits per heavy atom. The van der Waals surface area contributed by atoms with Crippen molar-refractivity contribution in [1.82, 2.24) is 9.55 Å². The van der Waals surface area contributed by atoms with E-state index in [4.69, 9.17) is 0 Å². The molecule has 8 heteroatoms. The van der Waals surface area contributed by atoms with Crippen molar-refractivity contribution in [2.45, 2.75) is 26.8 Å². The molecular weight excluding hydrogens is 356 g/mol. The minimum atomic E-state index is -3.34. The number of hydrogen-bond donors (Lipinski definition) is 1. The standard InChI is InChI=1S/C17H18N4O2S2/c1-10(2)21-9-14(17-19-11(3)16(8-18)24-17)13-6-5-12(7-15(13)21)20-25(4,22)23/h5-7,9-10,20H,1-4H3. The number of anilines is 1. The van der Waals surface area contributed by atoms with Crippen molar-refractivity contribution >= 4 is 38.0 Å². The summed E-state index contributed by atoms with van der Waals surface area (Å²) in [5, 5.41) is 11.0. The predicted octanol–water partition coefficient (Wildman–Crippen LogP) is 3.90. The molecule has 0 aliphatic carbocycles. The molecule has 2 aromatic heterocycles. The maximum Gasteiger partial charge on any atom is 0.229 e. The van der Waals surface area contributed by atoms with Gasteiger partial charge in [-0.2, -0.15) is 5.26 Å². The highest BCUT2D eigenvalue weighted by molar-refractivity contribution is 7.92. The quantitative estimate of drug-likeness (QED) is 0.750. The van der Waals surface area contributed by atoms with E-state index in [0.717, 1.165) is 33.4 Å². The first kappa shape index (κ1) is 17.5. The number of sulfonamides is 1. The van der Waals surface area contributed by atoms with Crippen LogP contribution < -0.4 is 4.72 Å². The van der Waals surface area contributed by atoms with E-state index in [1.807, 2.05) is 25.3 Å². The topological polar surface area (TPSA) is 87.8 Å². The molecular formula is C17H18N4O2S2. The Bertz CT molecular complexity index is 1100. The number of nitrogens with one attached hydrogen (secondary N) is 1. The van der Waals surface area contributed by atoms with Crippen LogP contribution in [0, 0.1) is 18.3 Å². The number of fused-ring (bicyclic) bond motifs is 1. The summed E-state index contributed by atoms with van der Waals surface area (Å²) in [5.41, 5.74) is 3.12. The Balaban J connectivity index is 2.22. The van der Waals surface area contributed by atoms with Gasteiger partial charge < -0.3 is 4.57 Å². The molecule has 1 N–H and O–H groups in total. The van der Waals surface area contributed by atoms with Gasteiger partial charge in [0.1, 0.15) is 16.0 Å². The first-order valence-corrected chi connectivity index (χ1v) is 10.4. The fourth-order valence-electron chi connectivity index (χ4n) is 2.74. The van der Waals surface area contributed by atoms with Crippen LogP contribution in [-0.2, 0) is 10.0 Å². The first-order chi connectivity index (χ1) is 11.7. The van der Waals surface area contributed by atoms with E-state index in [0.29, 0.717) is 10.6 Å². The third-order valence-corrected chi connectivity index (χ3v) is 5.52. The fraction of sp³-hybridized carbons (Fsp3) is 0.294. The molecule has 0 aliphatic heterocycles. The van der Waals surface area contributed by atoms with Crippen molar-refractivity contribution in [3.05, 3.63) is 35.0 Å². The van der Waals surface area contributed by atoms with Gasteiger partial charge in [0.2, 0.25) is 10.0 Å². The third kappa shape index (κ3) is 3.38. The lowest BCUT2D eigenvalue weighted by molar-refractivity contribution is 0.607. The minimum Gasteiger partial charge on any atom is -0.344 e. The molecule has 0 fully saturated rings. The van der Waals surface area contributed by atoms with Crippen LogP contribution in [0.3, 0.4) is 0 Å². The van der Waals surface area contributed by atoms with Gasteiger partial charge in [0.15, 0.2) is 0 Å². The normalized spacial score (nSPS) is 11.8. The average Bonchev–Trinajstić information content (AvgIpc) is 3.05. The summed E-state index contributed by atoms with van der Waals surface area (Å²) < 4.78 is 27.6. The van der Waals surface area contributed by atoms with E-state index in [1.54, 1.807) is 6.07 Å². The second-order valence-electron chi connectivity index (χ2n) is 6.20. The summed E-state index contributed by atoms with van der Waals surface area (Å²) in [7, 11) is -3.34. The molecule has 1 aromatic carbocycles. The Kier molecular flexibility index (Phi) is 4.31. The molecule has 0 saturated heterocycles. The van der Waals surface area contributed by atoms with Gasteiger partial charge in [-0.3, -0.25) is 4.72 Å². The lowest BCUT2D eigenvalue weighted by Gasteiger charge is -2.10. The Hall–Kier alpha value is -2.37. The van der Waals surface area contributed by atoms with Crippen LogP contribution in [-0.4, -0.2) is 24.2 Å². The van der Waals surface area contributed by atoms with Crippen LogP contribution in [0.4, 0.5) is 5.69 Å². The highest BCUT2D eigenvalue weighted by atomic mass is 32.2. The minimum absolute atomic E-state index is 0.196. The second-order valence-corrected chi connectivity index (χ2v) is 8.94. The molecule has 25 heavy (non-hydrogen) atoms. The van der Waals surface area contributed by atoms with Crippen molar-refractivity contribution in [2.75, 3.05) is 11.0 Å². The summed E-state index contributed by atoms with van der Waals surface area (Å²) in [6, 6.07) is 7.82. The fourth-order valence-corrected chi connectivity index (χ4v) is 4.18. The molecule has 0 amide bonds. The molecule has 0 atom stereocenters. The largest absolute Gasteiger partial charge is 0.344 e. The Morgan fingerprint density at radius 3 is 2.64 bits per heavy atom. The summed E-state index contributed by atoms with van der Waals surface area (Å²) >= 11 is 1.37. The van der Waals surface area contributed by atoms with Crippen LogP contribution in [0.1, 0.15) is 30.5 Å². The van der Waals surface area contributed by atoms with Crippen LogP contribution in [0.2, 0.25) is 0 Å². The van der Waals surface area contributed by atoms with Crippen LogP contribution >= 0.6 is 11.3 Å². The molecule has 2 heterocycles. The van der Waals surface area contributed by atoms with E-state index in [1.165, 1.54) is 11.3 Å². The number of aryl methyl sites for hydroxylation is 1. The lowest BCUT2D eigenvalue weighted by Crippen LogP contribution is -2.09. The summed E-state index contributed by atoms with van der Waals surface area (Å²) in [4.78, 5) is 5.13. The highest BCUT2D eigenvalue weighted by Crippen LogP contribution is 2.36. The number of hydrogen-bond acceptors (Lipinski definition) is 5. The predicted molar refractivity (Wildman–Crippen MR) is 101 cm³/mol. The number of thiazole rings is 1. The van der Waals surface area contributed by atoms with Gasteiger partial charge in [-0.1, -0.05) is 6.07 Å². The van der Waals surface area contributed by atoms with Crippen LogP contribution in [0.25, 0.3) is 21.5 Å². The molecule has 0 aliphatic rings. The van der Waals surface area contributed by atoms with Gasteiger partial charge in [-0.25, -0.2) is 13.4 Å². The van der Waals surface area contributed by atoms with Crippen LogP contribution in [0.5, 0.6) is 0 Å². The molecule has 0 bridgehead atoms. The van der Waals surface area contributed by atoms with Crippen molar-refractivity contribution in [1.29, 1.82) is 5.26 Å². The molecule has 0 radical (unpaired) electrons. The molecule has 130 valence electrons. The number of aromatic nitrogens is 2. The number of nitriles is 1. The average molecular weight is 374 g/mol. The molecule has 3 aromatic rings. The van der Waals surface area contributed by atoms with Gasteiger partial charge in [0, 0.05) is 23.2 Å². The maximum atomic E-state index is 11.5. The zero-order valence-electron chi connectivity index (χ0n) is 14.4. The smallest absolute Gasteiger partial charge is 0.229 e. The van der Waals surface area contributed by atoms with Gasteiger partial charge in [0.05, 0.1) is 23.2 Å². The molecule has 0 saturated carbocycles. The summed E-state index contributed by atoms with van der Waals surface area (Å²) in [6.07, 6.45) is 3.14. The first-order valence-electron chi connectivity index (χ1n) is 7.70. The number of nitrogens with zero attached hydrogens (tertiary/aromatic N) is 3. The lowest BCUT2D eigenvalue weighted by atomic mass is 10.1. The maximum absolute atomic E-state index is 11.5. The molecule has 0 unspecified atom stereocenters. The van der Waals surface area contributed by atoms with E-state index in [2.05, 4.69) is 34.2 Å². The summed E-state index contributed by atoms with van der Waals surface area (Å²) in [6.45, 7) is 5.95. The SMILES string of the molecule is Cc1nc(-c2cn(C(C)C)c3cc(NS(C)(=O)=O)ccc23)sc1C#N. The summed E-state index contributed by atoms with van der Waals surface area (Å²) in [5.74, 6) is 0. The van der Waals surface area contributed by atoms with E-state index in [-0.39, 0.29) is 6.04 Å². The zero-order valence-corrected chi connectivity index (χ0v) is 16.0. The van der Waals surface area contributed by atoms with Gasteiger partial charge in [0.25, 0.3) is 0 Å². The van der Waals surface area contributed by atoms with E-state index < -0.39 is 10.0 Å².